The van der Waals surface area contributed by atoms with E-state index in [0.717, 1.165) is 21.3 Å². The number of carbonyl (C=O) groups excluding carboxylic acids is 1. The van der Waals surface area contributed by atoms with Gasteiger partial charge in [-0.05, 0) is 55.7 Å². The Labute approximate surface area is 179 Å². The topological polar surface area (TPSA) is 76.1 Å². The first-order valence-electron chi connectivity index (χ1n) is 9.20. The Hall–Kier alpha value is -2.58. The summed E-state index contributed by atoms with van der Waals surface area (Å²) in [6.07, 6.45) is 0. The minimum absolute atomic E-state index is 0.0370. The maximum Gasteiger partial charge on any atom is 0.233 e. The normalized spacial score (nSPS) is 11.7. The highest BCUT2D eigenvalue weighted by molar-refractivity contribution is 8.02. The highest BCUT2D eigenvalue weighted by atomic mass is 32.2. The van der Waals surface area contributed by atoms with Gasteiger partial charge in [-0.2, -0.15) is 0 Å². The predicted octanol–water partition coefficient (Wildman–Crippen LogP) is 4.70. The monoisotopic (exact) mass is 428 g/mol. The van der Waals surface area contributed by atoms with Crippen LogP contribution in [0.4, 0.5) is 10.8 Å². The number of nitrogens with zero attached hydrogens (tertiary/aromatic N) is 2. The van der Waals surface area contributed by atoms with Crippen molar-refractivity contribution < 1.29 is 9.53 Å². The first-order valence-corrected chi connectivity index (χ1v) is 10.9. The van der Waals surface area contributed by atoms with Crippen LogP contribution in [0.1, 0.15) is 23.6 Å². The maximum atomic E-state index is 12.4. The Morgan fingerprint density at radius 2 is 1.93 bits per heavy atom. The van der Waals surface area contributed by atoms with Crippen molar-refractivity contribution in [2.75, 3.05) is 12.4 Å². The molecule has 1 atom stereocenters. The van der Waals surface area contributed by atoms with Crippen LogP contribution in [0.3, 0.4) is 0 Å². The molecular formula is C21H24N4O2S2. The summed E-state index contributed by atoms with van der Waals surface area (Å²) in [6, 6.07) is 13.7. The Morgan fingerprint density at radius 3 is 2.66 bits per heavy atom. The molecule has 1 unspecified atom stereocenters. The highest BCUT2D eigenvalue weighted by Gasteiger charge is 2.17. The first-order chi connectivity index (χ1) is 14.0. The molecule has 0 aliphatic heterocycles. The van der Waals surface area contributed by atoms with Gasteiger partial charge in [-0.1, -0.05) is 47.4 Å². The first kappa shape index (κ1) is 21.1. The number of hydrogen-bond donors (Lipinski definition) is 2. The molecule has 3 aromatic rings. The largest absolute Gasteiger partial charge is 0.497 e. The second-order valence-electron chi connectivity index (χ2n) is 6.57. The van der Waals surface area contributed by atoms with E-state index in [-0.39, 0.29) is 11.2 Å². The lowest BCUT2D eigenvalue weighted by Gasteiger charge is -2.10. The number of ether oxygens (including phenoxy) is 1. The standard InChI is InChI=1S/C21H24N4O2S2/c1-13-6-5-7-18(14(13)2)23-20-24-25-21(29-20)28-15(3)19(26)22-12-16-8-10-17(27-4)11-9-16/h5-11,15H,12H2,1-4H3,(H,22,26)(H,23,24). The van der Waals surface area contributed by atoms with Crippen molar-refractivity contribution in [1.29, 1.82) is 0 Å². The lowest BCUT2D eigenvalue weighted by atomic mass is 10.1. The van der Waals surface area contributed by atoms with E-state index in [2.05, 4.69) is 40.7 Å². The average Bonchev–Trinajstić information content (AvgIpc) is 3.16. The minimum atomic E-state index is -0.269. The number of aromatic nitrogens is 2. The fraction of sp³-hybridized carbons (Fsp3) is 0.286. The Morgan fingerprint density at radius 1 is 1.17 bits per heavy atom. The highest BCUT2D eigenvalue weighted by Crippen LogP contribution is 2.31. The van der Waals surface area contributed by atoms with Crippen molar-refractivity contribution in [3.63, 3.8) is 0 Å². The van der Waals surface area contributed by atoms with Crippen molar-refractivity contribution in [3.8, 4) is 5.75 Å². The summed E-state index contributed by atoms with van der Waals surface area (Å²) in [5.74, 6) is 0.760. The molecule has 6 nitrogen and oxygen atoms in total. The van der Waals surface area contributed by atoms with Gasteiger partial charge in [-0.3, -0.25) is 4.79 Å². The van der Waals surface area contributed by atoms with Crippen LogP contribution in [0.25, 0.3) is 0 Å². The van der Waals surface area contributed by atoms with Crippen LogP contribution in [0.5, 0.6) is 5.75 Å². The molecule has 0 saturated heterocycles. The molecule has 152 valence electrons. The van der Waals surface area contributed by atoms with Gasteiger partial charge in [0, 0.05) is 12.2 Å². The number of thioether (sulfide) groups is 1. The lowest BCUT2D eigenvalue weighted by Crippen LogP contribution is -2.30. The van der Waals surface area contributed by atoms with Gasteiger partial charge in [0.2, 0.25) is 11.0 Å². The van der Waals surface area contributed by atoms with Crippen LogP contribution in [0, 0.1) is 13.8 Å². The van der Waals surface area contributed by atoms with Gasteiger partial charge in [0.15, 0.2) is 4.34 Å². The van der Waals surface area contributed by atoms with Crippen molar-refractivity contribution in [2.24, 2.45) is 0 Å². The number of nitrogens with one attached hydrogen (secondary N) is 2. The molecule has 0 bridgehead atoms. The predicted molar refractivity (Wildman–Crippen MR) is 119 cm³/mol. The van der Waals surface area contributed by atoms with Crippen molar-refractivity contribution in [3.05, 3.63) is 59.2 Å². The van der Waals surface area contributed by atoms with Gasteiger partial charge in [-0.25, -0.2) is 0 Å². The summed E-state index contributed by atoms with van der Waals surface area (Å²) in [5.41, 5.74) is 4.44. The van der Waals surface area contributed by atoms with Crippen LogP contribution in [-0.4, -0.2) is 28.5 Å². The summed E-state index contributed by atoms with van der Waals surface area (Å²) >= 11 is 2.85. The Kier molecular flexibility index (Phi) is 7.11. The van der Waals surface area contributed by atoms with Crippen LogP contribution in [-0.2, 0) is 11.3 Å². The van der Waals surface area contributed by atoms with E-state index < -0.39 is 0 Å². The third-order valence-corrected chi connectivity index (χ3v) is 6.55. The zero-order valence-electron chi connectivity index (χ0n) is 16.9. The number of hydrogen-bond acceptors (Lipinski definition) is 7. The summed E-state index contributed by atoms with van der Waals surface area (Å²) in [4.78, 5) is 12.4. The molecule has 2 aromatic carbocycles. The van der Waals surface area contributed by atoms with E-state index in [0.29, 0.717) is 11.7 Å². The summed E-state index contributed by atoms with van der Waals surface area (Å²) in [5, 5.41) is 15.1. The molecule has 29 heavy (non-hydrogen) atoms. The zero-order valence-corrected chi connectivity index (χ0v) is 18.5. The van der Waals surface area contributed by atoms with Gasteiger partial charge < -0.3 is 15.4 Å². The lowest BCUT2D eigenvalue weighted by molar-refractivity contribution is -0.120. The number of amides is 1. The fourth-order valence-corrected chi connectivity index (χ4v) is 4.52. The van der Waals surface area contributed by atoms with E-state index >= 15 is 0 Å². The van der Waals surface area contributed by atoms with Crippen LogP contribution in [0.15, 0.2) is 46.8 Å². The molecule has 8 heteroatoms. The minimum Gasteiger partial charge on any atom is -0.497 e. The number of anilines is 2. The van der Waals surface area contributed by atoms with Gasteiger partial charge in [-0.15, -0.1) is 10.2 Å². The van der Waals surface area contributed by atoms with Gasteiger partial charge >= 0.3 is 0 Å². The second kappa shape index (κ2) is 9.76. The smallest absolute Gasteiger partial charge is 0.233 e. The van der Waals surface area contributed by atoms with Crippen molar-refractivity contribution in [2.45, 2.75) is 36.9 Å². The van der Waals surface area contributed by atoms with Crippen LogP contribution < -0.4 is 15.4 Å². The number of aryl methyl sites for hydroxylation is 1. The van der Waals surface area contributed by atoms with Crippen molar-refractivity contribution >= 4 is 39.8 Å². The van der Waals surface area contributed by atoms with Crippen molar-refractivity contribution in [1.82, 2.24) is 15.5 Å². The van der Waals surface area contributed by atoms with E-state index in [1.165, 1.54) is 34.2 Å². The zero-order chi connectivity index (χ0) is 20.8. The number of benzene rings is 2. The quantitative estimate of drug-likeness (QED) is 0.506. The molecule has 0 fully saturated rings. The molecule has 1 amide bonds. The number of methoxy groups -OCH3 is 1. The van der Waals surface area contributed by atoms with E-state index in [9.17, 15) is 4.79 Å². The SMILES string of the molecule is COc1ccc(CNC(=O)C(C)Sc2nnc(Nc3cccc(C)c3C)s2)cc1. The Balaban J connectivity index is 1.52. The van der Waals surface area contributed by atoms with Gasteiger partial charge in [0.1, 0.15) is 5.75 Å². The molecule has 0 saturated carbocycles. The molecular weight excluding hydrogens is 404 g/mol. The molecule has 0 radical (unpaired) electrons. The average molecular weight is 429 g/mol. The molecule has 0 spiro atoms. The van der Waals surface area contributed by atoms with E-state index in [4.69, 9.17) is 4.74 Å². The van der Waals surface area contributed by atoms with Gasteiger partial charge in [0.25, 0.3) is 0 Å². The molecule has 1 heterocycles. The third kappa shape index (κ3) is 5.71. The molecule has 0 aliphatic carbocycles. The summed E-state index contributed by atoms with van der Waals surface area (Å²) in [6.45, 7) is 6.49. The molecule has 1 aromatic heterocycles. The van der Waals surface area contributed by atoms with Gasteiger partial charge in [0.05, 0.1) is 12.4 Å². The molecule has 0 aliphatic rings. The summed E-state index contributed by atoms with van der Waals surface area (Å²) < 4.78 is 5.90. The Bertz CT molecular complexity index is 973. The van der Waals surface area contributed by atoms with E-state index in [1.54, 1.807) is 7.11 Å². The van der Waals surface area contributed by atoms with Crippen LogP contribution >= 0.6 is 23.1 Å². The number of carbonyl (C=O) groups is 1. The second-order valence-corrected chi connectivity index (χ2v) is 9.14. The number of rotatable bonds is 8. The maximum absolute atomic E-state index is 12.4. The van der Waals surface area contributed by atoms with E-state index in [1.807, 2.05) is 43.3 Å². The molecule has 3 rings (SSSR count). The fourth-order valence-electron chi connectivity index (χ4n) is 2.59. The summed E-state index contributed by atoms with van der Waals surface area (Å²) in [7, 11) is 1.63. The van der Waals surface area contributed by atoms with Crippen LogP contribution in [0.2, 0.25) is 0 Å². The third-order valence-electron chi connectivity index (χ3n) is 4.53. The molecule has 2 N–H and O–H groups in total.